The second kappa shape index (κ2) is 7.87. The largest absolute Gasteiger partial charge is 0.508 e. The molecule has 0 amide bonds. The Bertz CT molecular complexity index is 708. The van der Waals surface area contributed by atoms with E-state index in [0.29, 0.717) is 13.0 Å². The SMILES string of the molecule is CC(C)(c1ccc(O)cc1)c1ccc(OC(CC(O)CCl)C2CO2)cc1. The van der Waals surface area contributed by atoms with Gasteiger partial charge < -0.3 is 19.7 Å². The van der Waals surface area contributed by atoms with Gasteiger partial charge in [-0.15, -0.1) is 11.6 Å². The number of benzene rings is 2. The third-order valence-corrected chi connectivity index (χ3v) is 5.26. The number of phenolic OH excluding ortho intramolecular Hbond substituents is 1. The molecule has 0 bridgehead atoms. The van der Waals surface area contributed by atoms with Crippen LogP contribution in [0.15, 0.2) is 48.5 Å². The van der Waals surface area contributed by atoms with Gasteiger partial charge in [0.25, 0.3) is 0 Å². The van der Waals surface area contributed by atoms with Crippen molar-refractivity contribution in [1.29, 1.82) is 0 Å². The van der Waals surface area contributed by atoms with E-state index in [2.05, 4.69) is 13.8 Å². The Morgan fingerprint density at radius 3 is 2.15 bits per heavy atom. The lowest BCUT2D eigenvalue weighted by Crippen LogP contribution is -2.29. The molecular weight excluding hydrogens is 352 g/mol. The molecule has 3 atom stereocenters. The molecule has 1 saturated heterocycles. The van der Waals surface area contributed by atoms with Crippen LogP contribution >= 0.6 is 11.6 Å². The molecule has 2 aromatic carbocycles. The molecule has 140 valence electrons. The smallest absolute Gasteiger partial charge is 0.130 e. The fourth-order valence-electron chi connectivity index (χ4n) is 3.05. The molecule has 2 aromatic rings. The molecule has 1 aliphatic rings. The number of epoxide rings is 1. The molecule has 3 rings (SSSR count). The molecule has 0 aliphatic carbocycles. The average molecular weight is 377 g/mol. The molecule has 1 heterocycles. The lowest BCUT2D eigenvalue weighted by atomic mass is 9.78. The molecule has 0 radical (unpaired) electrons. The summed E-state index contributed by atoms with van der Waals surface area (Å²) < 4.78 is 11.4. The zero-order valence-electron chi connectivity index (χ0n) is 15.1. The van der Waals surface area contributed by atoms with E-state index in [0.717, 1.165) is 16.9 Å². The average Bonchev–Trinajstić information content (AvgIpc) is 3.47. The highest BCUT2D eigenvalue weighted by atomic mass is 35.5. The fraction of sp³-hybridized carbons (Fsp3) is 0.429. The Hall–Kier alpha value is -1.75. The highest BCUT2D eigenvalue weighted by Crippen LogP contribution is 2.33. The second-order valence-electron chi connectivity index (χ2n) is 7.27. The summed E-state index contributed by atoms with van der Waals surface area (Å²) >= 11 is 5.70. The van der Waals surface area contributed by atoms with Gasteiger partial charge in [0, 0.05) is 17.7 Å². The number of hydrogen-bond donors (Lipinski definition) is 2. The van der Waals surface area contributed by atoms with Crippen LogP contribution in [0, 0.1) is 0 Å². The Kier molecular flexibility index (Phi) is 5.76. The van der Waals surface area contributed by atoms with Crippen molar-refractivity contribution >= 4 is 11.6 Å². The van der Waals surface area contributed by atoms with Crippen LogP contribution in [0.2, 0.25) is 0 Å². The summed E-state index contributed by atoms with van der Waals surface area (Å²) in [6, 6.07) is 15.3. The number of rotatable bonds is 8. The van der Waals surface area contributed by atoms with Gasteiger partial charge in [-0.25, -0.2) is 0 Å². The maximum absolute atomic E-state index is 9.79. The Morgan fingerprint density at radius 2 is 1.65 bits per heavy atom. The number of alkyl halides is 1. The third-order valence-electron chi connectivity index (χ3n) is 4.91. The number of aromatic hydroxyl groups is 1. The van der Waals surface area contributed by atoms with Crippen molar-refractivity contribution < 1.29 is 19.7 Å². The van der Waals surface area contributed by atoms with Crippen molar-refractivity contribution in [3.05, 3.63) is 59.7 Å². The van der Waals surface area contributed by atoms with Crippen LogP contribution in [0.1, 0.15) is 31.4 Å². The van der Waals surface area contributed by atoms with Crippen LogP contribution < -0.4 is 4.74 Å². The summed E-state index contributed by atoms with van der Waals surface area (Å²) in [5.74, 6) is 1.20. The summed E-state index contributed by atoms with van der Waals surface area (Å²) in [6.07, 6.45) is -0.311. The first-order valence-electron chi connectivity index (χ1n) is 8.82. The predicted octanol–water partition coefficient (Wildman–Crippen LogP) is 3.85. The number of hydrogen-bond acceptors (Lipinski definition) is 4. The number of aliphatic hydroxyl groups is 1. The molecule has 1 fully saturated rings. The van der Waals surface area contributed by atoms with E-state index in [1.165, 1.54) is 0 Å². The van der Waals surface area contributed by atoms with Gasteiger partial charge in [-0.2, -0.15) is 0 Å². The van der Waals surface area contributed by atoms with Gasteiger partial charge in [-0.05, 0) is 35.4 Å². The van der Waals surface area contributed by atoms with Crippen LogP contribution in [-0.2, 0) is 10.2 Å². The second-order valence-corrected chi connectivity index (χ2v) is 7.58. The molecule has 0 saturated carbocycles. The van der Waals surface area contributed by atoms with Crippen LogP contribution in [0.25, 0.3) is 0 Å². The van der Waals surface area contributed by atoms with Crippen molar-refractivity contribution in [1.82, 2.24) is 0 Å². The van der Waals surface area contributed by atoms with Gasteiger partial charge >= 0.3 is 0 Å². The minimum absolute atomic E-state index is 0.0287. The quantitative estimate of drug-likeness (QED) is 0.542. The van der Waals surface area contributed by atoms with Crippen LogP contribution in [0.5, 0.6) is 11.5 Å². The molecule has 2 N–H and O–H groups in total. The van der Waals surface area contributed by atoms with E-state index < -0.39 is 6.10 Å². The topological polar surface area (TPSA) is 62.2 Å². The van der Waals surface area contributed by atoms with Gasteiger partial charge in [-0.1, -0.05) is 38.1 Å². The molecular formula is C21H25ClO4. The van der Waals surface area contributed by atoms with Gasteiger partial charge in [-0.3, -0.25) is 0 Å². The zero-order chi connectivity index (χ0) is 18.7. The van der Waals surface area contributed by atoms with E-state index in [4.69, 9.17) is 21.1 Å². The first kappa shape index (κ1) is 19.0. The van der Waals surface area contributed by atoms with Gasteiger partial charge in [0.15, 0.2) is 0 Å². The van der Waals surface area contributed by atoms with Crippen LogP contribution in [0.3, 0.4) is 0 Å². The van der Waals surface area contributed by atoms with Gasteiger partial charge in [0.1, 0.15) is 23.7 Å². The number of halogens is 1. The fourth-order valence-corrected chi connectivity index (χ4v) is 3.17. The standard InChI is InChI=1S/C21H25ClO4/c1-21(2,14-3-7-16(23)8-4-14)15-5-9-18(10-6-15)26-19(20-13-25-20)11-17(24)12-22/h3-10,17,19-20,23-24H,11-13H2,1-2H3. The van der Waals surface area contributed by atoms with Crippen LogP contribution in [-0.4, -0.2) is 41.0 Å². The van der Waals surface area contributed by atoms with E-state index in [1.807, 2.05) is 36.4 Å². The van der Waals surface area contributed by atoms with Crippen molar-refractivity contribution in [2.75, 3.05) is 12.5 Å². The first-order chi connectivity index (χ1) is 12.4. The molecule has 26 heavy (non-hydrogen) atoms. The molecule has 1 aliphatic heterocycles. The minimum atomic E-state index is -0.599. The zero-order valence-corrected chi connectivity index (χ0v) is 15.8. The van der Waals surface area contributed by atoms with Gasteiger partial charge in [0.05, 0.1) is 12.7 Å². The maximum atomic E-state index is 9.79. The van der Waals surface area contributed by atoms with Crippen molar-refractivity contribution in [2.24, 2.45) is 0 Å². The number of phenols is 1. The summed E-state index contributed by atoms with van der Waals surface area (Å²) in [5.41, 5.74) is 2.08. The molecule has 5 heteroatoms. The predicted molar refractivity (Wildman–Crippen MR) is 102 cm³/mol. The van der Waals surface area contributed by atoms with E-state index in [9.17, 15) is 10.2 Å². The first-order valence-corrected chi connectivity index (χ1v) is 9.36. The monoisotopic (exact) mass is 376 g/mol. The molecule has 4 nitrogen and oxygen atoms in total. The number of ether oxygens (including phenoxy) is 2. The van der Waals surface area contributed by atoms with E-state index >= 15 is 0 Å². The molecule has 0 spiro atoms. The van der Waals surface area contributed by atoms with Crippen molar-refractivity contribution in [3.8, 4) is 11.5 Å². The summed E-state index contributed by atoms with van der Waals surface area (Å²) in [4.78, 5) is 0. The maximum Gasteiger partial charge on any atom is 0.130 e. The third kappa shape index (κ3) is 4.50. The Morgan fingerprint density at radius 1 is 1.12 bits per heavy atom. The number of aliphatic hydroxyl groups excluding tert-OH is 1. The Balaban J connectivity index is 1.72. The normalized spacial score (nSPS) is 19.0. The minimum Gasteiger partial charge on any atom is -0.508 e. The lowest BCUT2D eigenvalue weighted by Gasteiger charge is -2.27. The highest BCUT2D eigenvalue weighted by molar-refractivity contribution is 6.18. The molecule has 3 unspecified atom stereocenters. The van der Waals surface area contributed by atoms with E-state index in [1.54, 1.807) is 12.1 Å². The molecule has 0 aromatic heterocycles. The van der Waals surface area contributed by atoms with Crippen LogP contribution in [0.4, 0.5) is 0 Å². The van der Waals surface area contributed by atoms with Crippen molar-refractivity contribution in [2.45, 2.75) is 44.0 Å². The summed E-state index contributed by atoms with van der Waals surface area (Å²) in [6.45, 7) is 4.95. The van der Waals surface area contributed by atoms with Crippen molar-refractivity contribution in [3.63, 3.8) is 0 Å². The summed E-state index contributed by atoms with van der Waals surface area (Å²) in [7, 11) is 0. The summed E-state index contributed by atoms with van der Waals surface area (Å²) in [5, 5.41) is 19.3. The lowest BCUT2D eigenvalue weighted by molar-refractivity contribution is 0.0879. The van der Waals surface area contributed by atoms with E-state index in [-0.39, 0.29) is 29.3 Å². The Labute approximate surface area is 159 Å². The highest BCUT2D eigenvalue weighted by Gasteiger charge is 2.36. The van der Waals surface area contributed by atoms with Gasteiger partial charge in [0.2, 0.25) is 0 Å².